The quantitative estimate of drug-likeness (QED) is 0.350. The number of ether oxygens (including phenoxy) is 4. The van der Waals surface area contributed by atoms with E-state index in [-0.39, 0.29) is 29.4 Å². The van der Waals surface area contributed by atoms with Gasteiger partial charge in [0.2, 0.25) is 0 Å². The number of hydrazine groups is 1. The average molecular weight is 538 g/mol. The monoisotopic (exact) mass is 537 g/mol. The van der Waals surface area contributed by atoms with Crippen molar-refractivity contribution in [2.24, 2.45) is 0 Å². The molecule has 2 aromatic rings. The highest BCUT2D eigenvalue weighted by Crippen LogP contribution is 2.50. The Morgan fingerprint density at radius 1 is 1.05 bits per heavy atom. The van der Waals surface area contributed by atoms with Crippen LogP contribution in [0.25, 0.3) is 0 Å². The number of hydrogen-bond acceptors (Lipinski definition) is 7. The molecule has 1 aliphatic heterocycles. The molecule has 1 aliphatic rings. The predicted octanol–water partition coefficient (Wildman–Crippen LogP) is 5.89. The highest BCUT2D eigenvalue weighted by molar-refractivity contribution is 6.30. The van der Waals surface area contributed by atoms with Crippen LogP contribution in [0.4, 0.5) is 19.7 Å². The van der Waals surface area contributed by atoms with Gasteiger partial charge in [-0.05, 0) is 71.9 Å². The molecule has 2 aromatic carbocycles. The molecule has 0 aromatic heterocycles. The summed E-state index contributed by atoms with van der Waals surface area (Å²) in [5, 5.41) is 0.240. The lowest BCUT2D eigenvalue weighted by molar-refractivity contribution is -0.0705. The van der Waals surface area contributed by atoms with Gasteiger partial charge in [-0.3, -0.25) is 10.3 Å². The SMILES string of the molecule is CC(C)(C)OC(=O)NNCCN(C(=O)OC(C)(C)C)c1cccc2c1OC(C)(c1ccc(Cl)cc1F)O2. The smallest absolute Gasteiger partial charge is 0.422 e. The van der Waals surface area contributed by atoms with Crippen molar-refractivity contribution >= 4 is 29.5 Å². The minimum atomic E-state index is -1.50. The molecule has 0 spiro atoms. The fourth-order valence-electron chi connectivity index (χ4n) is 3.53. The Balaban J connectivity index is 1.84. The highest BCUT2D eigenvalue weighted by Gasteiger charge is 2.43. The van der Waals surface area contributed by atoms with Crippen molar-refractivity contribution < 1.29 is 32.9 Å². The zero-order chi connectivity index (χ0) is 27.6. The summed E-state index contributed by atoms with van der Waals surface area (Å²) in [5.41, 5.74) is 4.24. The molecule has 1 atom stereocenters. The molecular weight excluding hydrogens is 505 g/mol. The van der Waals surface area contributed by atoms with Gasteiger partial charge in [-0.1, -0.05) is 17.7 Å². The van der Waals surface area contributed by atoms with Crippen LogP contribution in [0.3, 0.4) is 0 Å². The van der Waals surface area contributed by atoms with Gasteiger partial charge in [0.1, 0.15) is 17.0 Å². The van der Waals surface area contributed by atoms with E-state index in [2.05, 4.69) is 10.9 Å². The molecule has 0 aliphatic carbocycles. The Bertz CT molecular complexity index is 1160. The van der Waals surface area contributed by atoms with E-state index in [1.54, 1.807) is 66.7 Å². The van der Waals surface area contributed by atoms with Crippen molar-refractivity contribution in [1.82, 2.24) is 10.9 Å². The Hall–Kier alpha value is -3.24. The lowest BCUT2D eigenvalue weighted by Crippen LogP contribution is -2.46. The average Bonchev–Trinajstić information content (AvgIpc) is 3.08. The number of para-hydroxylation sites is 1. The largest absolute Gasteiger partial charge is 0.444 e. The number of hydrogen-bond donors (Lipinski definition) is 2. The molecule has 0 saturated heterocycles. The van der Waals surface area contributed by atoms with Crippen LogP contribution in [0.15, 0.2) is 36.4 Å². The van der Waals surface area contributed by atoms with Crippen molar-refractivity contribution in [1.29, 1.82) is 0 Å². The molecular formula is C26H33ClFN3O6. The third-order valence-corrected chi connectivity index (χ3v) is 5.17. The van der Waals surface area contributed by atoms with E-state index < -0.39 is 35.0 Å². The number of fused-ring (bicyclic) bond motifs is 1. The topological polar surface area (TPSA) is 98.4 Å². The van der Waals surface area contributed by atoms with E-state index in [9.17, 15) is 14.0 Å². The molecule has 0 fully saturated rings. The van der Waals surface area contributed by atoms with Gasteiger partial charge in [0.15, 0.2) is 11.5 Å². The number of benzene rings is 2. The summed E-state index contributed by atoms with van der Waals surface area (Å²) in [5.74, 6) is -1.53. The molecule has 2 amide bonds. The van der Waals surface area contributed by atoms with Crippen LogP contribution < -0.4 is 25.2 Å². The van der Waals surface area contributed by atoms with E-state index in [1.807, 2.05) is 0 Å². The van der Waals surface area contributed by atoms with Crippen LogP contribution in [-0.2, 0) is 15.3 Å². The number of amides is 2. The molecule has 3 rings (SSSR count). The predicted molar refractivity (Wildman–Crippen MR) is 137 cm³/mol. The Labute approximate surface area is 221 Å². The molecule has 202 valence electrons. The number of rotatable bonds is 6. The summed E-state index contributed by atoms with van der Waals surface area (Å²) in [6.45, 7) is 12.3. The molecule has 9 nitrogen and oxygen atoms in total. The first kappa shape index (κ1) is 28.3. The van der Waals surface area contributed by atoms with E-state index in [4.69, 9.17) is 30.5 Å². The van der Waals surface area contributed by atoms with Gasteiger partial charge in [-0.2, -0.15) is 0 Å². The first-order valence-corrected chi connectivity index (χ1v) is 12.1. The number of nitrogens with one attached hydrogen (secondary N) is 2. The third-order valence-electron chi connectivity index (χ3n) is 4.93. The Kier molecular flexibility index (Phi) is 8.14. The van der Waals surface area contributed by atoms with Gasteiger partial charge in [-0.25, -0.2) is 19.4 Å². The third kappa shape index (κ3) is 7.39. The Morgan fingerprint density at radius 3 is 2.35 bits per heavy atom. The van der Waals surface area contributed by atoms with Crippen molar-refractivity contribution in [3.63, 3.8) is 0 Å². The summed E-state index contributed by atoms with van der Waals surface area (Å²) in [4.78, 5) is 26.5. The number of carbonyl (C=O) groups excluding carboxylic acids is 2. The van der Waals surface area contributed by atoms with E-state index in [0.29, 0.717) is 11.4 Å². The second kappa shape index (κ2) is 10.6. The number of anilines is 1. The standard InChI is InChI=1S/C26H33ClFN3O6/c1-24(2,3)36-22(32)30-29-13-14-31(23(33)37-25(4,5)6)19-9-8-10-20-21(19)35-26(7,34-20)17-12-11-16(27)15-18(17)28/h8-12,15,29H,13-14H2,1-7H3,(H,30,32). The summed E-state index contributed by atoms with van der Waals surface area (Å²) in [6.07, 6.45) is -1.30. The highest BCUT2D eigenvalue weighted by atomic mass is 35.5. The molecule has 1 unspecified atom stereocenters. The zero-order valence-corrected chi connectivity index (χ0v) is 22.8. The summed E-state index contributed by atoms with van der Waals surface area (Å²) in [6, 6.07) is 9.21. The van der Waals surface area contributed by atoms with E-state index >= 15 is 0 Å². The maximum Gasteiger partial charge on any atom is 0.422 e. The summed E-state index contributed by atoms with van der Waals surface area (Å²) in [7, 11) is 0. The van der Waals surface area contributed by atoms with Crippen LogP contribution in [0.2, 0.25) is 5.02 Å². The van der Waals surface area contributed by atoms with Gasteiger partial charge in [0.05, 0.1) is 11.3 Å². The Morgan fingerprint density at radius 2 is 1.73 bits per heavy atom. The van der Waals surface area contributed by atoms with Crippen LogP contribution in [0.5, 0.6) is 11.5 Å². The van der Waals surface area contributed by atoms with Crippen LogP contribution >= 0.6 is 11.6 Å². The lowest BCUT2D eigenvalue weighted by atomic mass is 10.1. The second-order valence-electron chi connectivity index (χ2n) is 10.6. The van der Waals surface area contributed by atoms with Gasteiger partial charge in [0.25, 0.3) is 5.79 Å². The van der Waals surface area contributed by atoms with Crippen molar-refractivity contribution in [3.05, 3.63) is 52.8 Å². The van der Waals surface area contributed by atoms with Gasteiger partial charge in [-0.15, -0.1) is 0 Å². The normalized spacial score (nSPS) is 16.8. The molecule has 2 N–H and O–H groups in total. The zero-order valence-electron chi connectivity index (χ0n) is 22.0. The van der Waals surface area contributed by atoms with Crippen molar-refractivity contribution in [3.8, 4) is 11.5 Å². The van der Waals surface area contributed by atoms with Crippen molar-refractivity contribution in [2.45, 2.75) is 65.5 Å². The first-order valence-electron chi connectivity index (χ1n) is 11.8. The number of carbonyl (C=O) groups is 2. The fraction of sp³-hybridized carbons (Fsp3) is 0.462. The first-order chi connectivity index (χ1) is 17.1. The molecule has 0 bridgehead atoms. The van der Waals surface area contributed by atoms with Crippen LogP contribution in [-0.4, -0.2) is 36.5 Å². The molecule has 11 heteroatoms. The minimum Gasteiger partial charge on any atom is -0.444 e. The lowest BCUT2D eigenvalue weighted by Gasteiger charge is -2.29. The molecule has 0 saturated carbocycles. The summed E-state index contributed by atoms with van der Waals surface area (Å²) >= 11 is 5.90. The molecule has 0 radical (unpaired) electrons. The van der Waals surface area contributed by atoms with Crippen LogP contribution in [0.1, 0.15) is 54.0 Å². The minimum absolute atomic E-state index is 0.0799. The molecule has 37 heavy (non-hydrogen) atoms. The van der Waals surface area contributed by atoms with E-state index in [0.717, 1.165) is 0 Å². The number of halogens is 2. The summed E-state index contributed by atoms with van der Waals surface area (Å²) < 4.78 is 37.7. The van der Waals surface area contributed by atoms with Gasteiger partial charge >= 0.3 is 12.2 Å². The molecule has 1 heterocycles. The van der Waals surface area contributed by atoms with Crippen molar-refractivity contribution in [2.75, 3.05) is 18.0 Å². The second-order valence-corrected chi connectivity index (χ2v) is 11.0. The van der Waals surface area contributed by atoms with E-state index in [1.165, 1.54) is 23.1 Å². The maximum atomic E-state index is 14.7. The fourth-order valence-corrected chi connectivity index (χ4v) is 3.68. The maximum absolute atomic E-state index is 14.7. The van der Waals surface area contributed by atoms with Crippen LogP contribution in [0, 0.1) is 5.82 Å². The van der Waals surface area contributed by atoms with Gasteiger partial charge < -0.3 is 18.9 Å². The number of nitrogens with zero attached hydrogens (tertiary/aromatic N) is 1. The van der Waals surface area contributed by atoms with Gasteiger partial charge in [0, 0.05) is 25.0 Å².